The molecule has 0 radical (unpaired) electrons. The van der Waals surface area contributed by atoms with Crippen molar-refractivity contribution in [2.45, 2.75) is 32.0 Å². The third-order valence-corrected chi connectivity index (χ3v) is 5.92. The minimum atomic E-state index is -0.361. The molecule has 2 unspecified atom stereocenters. The summed E-state index contributed by atoms with van der Waals surface area (Å²) >= 11 is 0. The van der Waals surface area contributed by atoms with Crippen LogP contribution in [-0.4, -0.2) is 55.1 Å². The first kappa shape index (κ1) is 23.4. The second kappa shape index (κ2) is 10.5. The van der Waals surface area contributed by atoms with E-state index in [4.69, 9.17) is 14.2 Å². The number of hydrogen-bond acceptors (Lipinski definition) is 7. The Bertz CT molecular complexity index is 1060. The van der Waals surface area contributed by atoms with Crippen LogP contribution in [0.3, 0.4) is 0 Å². The van der Waals surface area contributed by atoms with Crippen LogP contribution in [0.4, 0.5) is 0 Å². The smallest absolute Gasteiger partial charge is 0.251 e. The van der Waals surface area contributed by atoms with Crippen LogP contribution >= 0.6 is 0 Å². The Morgan fingerprint density at radius 1 is 1.09 bits per heavy atom. The van der Waals surface area contributed by atoms with Gasteiger partial charge in [-0.25, -0.2) is 5.43 Å². The Balaban J connectivity index is 1.31. The van der Waals surface area contributed by atoms with Crippen LogP contribution in [0.5, 0.6) is 17.2 Å². The topological polar surface area (TPSA) is 92.4 Å². The molecule has 2 N–H and O–H groups in total. The fourth-order valence-corrected chi connectivity index (χ4v) is 4.15. The number of carbonyl (C=O) groups excluding carboxylic acids is 2. The highest BCUT2D eigenvalue weighted by Gasteiger charge is 2.40. The normalized spacial score (nSPS) is 19.1. The largest absolute Gasteiger partial charge is 0.494 e. The molecule has 2 amide bonds. The van der Waals surface area contributed by atoms with Crippen LogP contribution in [0.1, 0.15) is 30.5 Å². The first-order valence-corrected chi connectivity index (χ1v) is 11.3. The second-order valence-corrected chi connectivity index (χ2v) is 8.07. The fourth-order valence-electron chi connectivity index (χ4n) is 4.15. The summed E-state index contributed by atoms with van der Waals surface area (Å²) in [5, 5.41) is 4.68. The third-order valence-electron chi connectivity index (χ3n) is 5.92. The molecule has 0 saturated carbocycles. The van der Waals surface area contributed by atoms with Crippen LogP contribution < -0.4 is 25.0 Å². The quantitative estimate of drug-likeness (QED) is 0.586. The van der Waals surface area contributed by atoms with Gasteiger partial charge in [-0.3, -0.25) is 9.59 Å². The van der Waals surface area contributed by atoms with Crippen LogP contribution in [-0.2, 0) is 16.1 Å². The van der Waals surface area contributed by atoms with Crippen LogP contribution in [0.25, 0.3) is 0 Å². The lowest BCUT2D eigenvalue weighted by atomic mass is 10.0. The van der Waals surface area contributed by atoms with Gasteiger partial charge in [0.2, 0.25) is 5.91 Å². The standard InChI is InChI=1S/C25H30N4O5/c1-4-34-19-8-6-18(7-9-19)20-14-21-25(31)28(11-12-29(21)27-20)16-24(30)26-15-17-5-10-22(32-2)23(13-17)33-3/h5-13,20-21,27H,4,14-16H2,1-3H3,(H,26,30). The maximum atomic E-state index is 13.0. The molecule has 2 aromatic carbocycles. The van der Waals surface area contributed by atoms with Crippen molar-refractivity contribution in [2.24, 2.45) is 0 Å². The van der Waals surface area contributed by atoms with Crippen molar-refractivity contribution in [2.75, 3.05) is 27.4 Å². The van der Waals surface area contributed by atoms with E-state index in [2.05, 4.69) is 10.7 Å². The van der Waals surface area contributed by atoms with E-state index in [0.717, 1.165) is 16.9 Å². The van der Waals surface area contributed by atoms with E-state index in [1.165, 1.54) is 4.90 Å². The Labute approximate surface area is 199 Å². The average molecular weight is 467 g/mol. The van der Waals surface area contributed by atoms with Gasteiger partial charge in [0.15, 0.2) is 11.5 Å². The van der Waals surface area contributed by atoms with Crippen LogP contribution in [0.2, 0.25) is 0 Å². The number of hydrazine groups is 1. The van der Waals surface area contributed by atoms with Crippen LogP contribution in [0, 0.1) is 0 Å². The van der Waals surface area contributed by atoms with Crippen molar-refractivity contribution in [1.82, 2.24) is 20.7 Å². The fraction of sp³-hybridized carbons (Fsp3) is 0.360. The van der Waals surface area contributed by atoms with E-state index >= 15 is 0 Å². The molecule has 2 aromatic rings. The molecular formula is C25H30N4O5. The molecule has 9 nitrogen and oxygen atoms in total. The van der Waals surface area contributed by atoms with Gasteiger partial charge in [-0.15, -0.1) is 0 Å². The summed E-state index contributed by atoms with van der Waals surface area (Å²) in [6.07, 6.45) is 4.06. The van der Waals surface area contributed by atoms with Gasteiger partial charge in [0.05, 0.1) is 26.9 Å². The lowest BCUT2D eigenvalue weighted by molar-refractivity contribution is -0.138. The highest BCUT2D eigenvalue weighted by Crippen LogP contribution is 2.31. The number of rotatable bonds is 9. The Kier molecular flexibility index (Phi) is 7.22. The van der Waals surface area contributed by atoms with E-state index in [1.807, 2.05) is 54.5 Å². The molecule has 0 spiro atoms. The van der Waals surface area contributed by atoms with Gasteiger partial charge in [-0.2, -0.15) is 0 Å². The lowest BCUT2D eigenvalue weighted by Crippen LogP contribution is -2.50. The number of ether oxygens (including phenoxy) is 3. The molecule has 2 atom stereocenters. The van der Waals surface area contributed by atoms with Gasteiger partial charge in [0, 0.05) is 18.9 Å². The lowest BCUT2D eigenvalue weighted by Gasteiger charge is -2.31. The highest BCUT2D eigenvalue weighted by molar-refractivity contribution is 5.89. The van der Waals surface area contributed by atoms with Crippen molar-refractivity contribution < 1.29 is 23.8 Å². The van der Waals surface area contributed by atoms with E-state index in [1.54, 1.807) is 26.5 Å². The molecule has 9 heteroatoms. The van der Waals surface area contributed by atoms with Crippen molar-refractivity contribution in [3.05, 3.63) is 66.0 Å². The molecule has 0 bridgehead atoms. The Morgan fingerprint density at radius 3 is 2.56 bits per heavy atom. The monoisotopic (exact) mass is 466 g/mol. The summed E-state index contributed by atoms with van der Waals surface area (Å²) in [5.74, 6) is 1.70. The van der Waals surface area contributed by atoms with E-state index in [-0.39, 0.29) is 30.4 Å². The predicted molar refractivity (Wildman–Crippen MR) is 126 cm³/mol. The summed E-state index contributed by atoms with van der Waals surface area (Å²) in [6.45, 7) is 2.85. The molecule has 0 aromatic heterocycles. The van der Waals surface area contributed by atoms with E-state index in [9.17, 15) is 9.59 Å². The van der Waals surface area contributed by atoms with Gasteiger partial charge in [-0.1, -0.05) is 18.2 Å². The zero-order valence-electron chi connectivity index (χ0n) is 19.6. The van der Waals surface area contributed by atoms with Crippen molar-refractivity contribution in [3.63, 3.8) is 0 Å². The van der Waals surface area contributed by atoms with E-state index in [0.29, 0.717) is 31.1 Å². The minimum Gasteiger partial charge on any atom is -0.494 e. The van der Waals surface area contributed by atoms with Crippen molar-refractivity contribution in [3.8, 4) is 17.2 Å². The van der Waals surface area contributed by atoms with Crippen LogP contribution in [0.15, 0.2) is 54.9 Å². The molecule has 34 heavy (non-hydrogen) atoms. The number of carbonyl (C=O) groups is 2. The Hall–Kier alpha value is -3.72. The molecule has 1 saturated heterocycles. The predicted octanol–water partition coefficient (Wildman–Crippen LogP) is 2.35. The van der Waals surface area contributed by atoms with Gasteiger partial charge in [0.25, 0.3) is 5.91 Å². The zero-order chi connectivity index (χ0) is 24.1. The molecule has 4 rings (SSSR count). The maximum absolute atomic E-state index is 13.0. The van der Waals surface area contributed by atoms with E-state index < -0.39 is 0 Å². The number of nitrogens with one attached hydrogen (secondary N) is 2. The maximum Gasteiger partial charge on any atom is 0.251 e. The Morgan fingerprint density at radius 2 is 1.85 bits per heavy atom. The molecule has 0 aliphatic carbocycles. The summed E-state index contributed by atoms with van der Waals surface area (Å²) in [5.41, 5.74) is 5.32. The number of nitrogens with zero attached hydrogens (tertiary/aromatic N) is 2. The minimum absolute atomic E-state index is 0.00751. The zero-order valence-corrected chi connectivity index (χ0v) is 19.6. The molecular weight excluding hydrogens is 436 g/mol. The second-order valence-electron chi connectivity index (χ2n) is 8.07. The molecule has 180 valence electrons. The number of hydrogen-bond donors (Lipinski definition) is 2. The summed E-state index contributed by atoms with van der Waals surface area (Å²) in [4.78, 5) is 27.1. The van der Waals surface area contributed by atoms with Gasteiger partial charge < -0.3 is 29.4 Å². The van der Waals surface area contributed by atoms with Crippen molar-refractivity contribution in [1.29, 1.82) is 0 Å². The number of methoxy groups -OCH3 is 2. The summed E-state index contributed by atoms with van der Waals surface area (Å²) < 4.78 is 16.0. The molecule has 2 aliphatic heterocycles. The molecule has 2 heterocycles. The summed E-state index contributed by atoms with van der Waals surface area (Å²) in [6, 6.07) is 13.0. The SMILES string of the molecule is CCOc1ccc(C2CC3C(=O)N(CC(=O)NCc4ccc(OC)c(OC)c4)C=CN3N2)cc1. The van der Waals surface area contributed by atoms with Crippen molar-refractivity contribution >= 4 is 11.8 Å². The number of amides is 2. The number of fused-ring (bicyclic) bond motifs is 1. The van der Waals surface area contributed by atoms with Gasteiger partial charge in [-0.05, 0) is 48.7 Å². The third kappa shape index (κ3) is 5.09. The number of benzene rings is 2. The summed E-state index contributed by atoms with van der Waals surface area (Å²) in [7, 11) is 3.14. The van der Waals surface area contributed by atoms with Gasteiger partial charge in [0.1, 0.15) is 18.3 Å². The first-order valence-electron chi connectivity index (χ1n) is 11.3. The highest BCUT2D eigenvalue weighted by atomic mass is 16.5. The first-order chi connectivity index (χ1) is 16.5. The average Bonchev–Trinajstić information content (AvgIpc) is 3.30. The van der Waals surface area contributed by atoms with Gasteiger partial charge >= 0.3 is 0 Å². The molecule has 2 aliphatic rings. The molecule has 1 fully saturated rings.